The van der Waals surface area contributed by atoms with E-state index in [1.807, 2.05) is 7.05 Å². The Kier molecular flexibility index (Phi) is 4.60. The van der Waals surface area contributed by atoms with Gasteiger partial charge in [0, 0.05) is 12.6 Å². The standard InChI is InChI=1S/C17H21N3O3/c1-20-17(18-14-6-4-3-5-7-14)23-15(19-20)12-8-10-13(11-9-12)16(21)22-2/h8-11,14H,3-7H2,1-2H3/b18-17+. The Hall–Kier alpha value is -2.37. The van der Waals surface area contributed by atoms with Crippen molar-refractivity contribution >= 4 is 5.97 Å². The van der Waals surface area contributed by atoms with Gasteiger partial charge >= 0.3 is 11.7 Å². The molecule has 122 valence electrons. The number of rotatable bonds is 3. The van der Waals surface area contributed by atoms with E-state index in [2.05, 4.69) is 10.1 Å². The molecule has 1 aromatic heterocycles. The predicted molar refractivity (Wildman–Crippen MR) is 84.7 cm³/mol. The molecular formula is C17H21N3O3. The van der Waals surface area contributed by atoms with Gasteiger partial charge in [-0.1, -0.05) is 19.3 Å². The molecule has 6 nitrogen and oxygen atoms in total. The summed E-state index contributed by atoms with van der Waals surface area (Å²) in [6, 6.07) is 7.31. The lowest BCUT2D eigenvalue weighted by Gasteiger charge is -2.16. The zero-order valence-corrected chi connectivity index (χ0v) is 13.5. The Morgan fingerprint density at radius 2 is 1.96 bits per heavy atom. The second kappa shape index (κ2) is 6.81. The average molecular weight is 315 g/mol. The van der Waals surface area contributed by atoms with Gasteiger partial charge in [-0.15, -0.1) is 5.10 Å². The maximum atomic E-state index is 11.5. The number of benzene rings is 1. The number of hydrogen-bond acceptors (Lipinski definition) is 5. The van der Waals surface area contributed by atoms with Crippen LogP contribution in [0.2, 0.25) is 0 Å². The fourth-order valence-corrected chi connectivity index (χ4v) is 2.81. The molecule has 2 aromatic rings. The van der Waals surface area contributed by atoms with Crippen LogP contribution in [0.5, 0.6) is 0 Å². The minimum Gasteiger partial charge on any atom is -0.465 e. The molecule has 6 heteroatoms. The first kappa shape index (κ1) is 15.5. The van der Waals surface area contributed by atoms with E-state index in [1.165, 1.54) is 26.4 Å². The van der Waals surface area contributed by atoms with Crippen molar-refractivity contribution in [2.24, 2.45) is 12.0 Å². The molecule has 1 aliphatic rings. The van der Waals surface area contributed by atoms with E-state index in [0.717, 1.165) is 18.4 Å². The summed E-state index contributed by atoms with van der Waals surface area (Å²) in [6.45, 7) is 0. The van der Waals surface area contributed by atoms with Gasteiger partial charge in [0.25, 0.3) is 0 Å². The number of hydrogen-bond donors (Lipinski definition) is 0. The summed E-state index contributed by atoms with van der Waals surface area (Å²) in [5, 5.41) is 4.38. The molecule has 0 bridgehead atoms. The monoisotopic (exact) mass is 315 g/mol. The molecule has 1 aliphatic carbocycles. The van der Waals surface area contributed by atoms with Crippen LogP contribution >= 0.6 is 0 Å². The number of methoxy groups -OCH3 is 1. The van der Waals surface area contributed by atoms with Crippen LogP contribution < -0.4 is 5.68 Å². The number of nitrogens with zero attached hydrogens (tertiary/aromatic N) is 3. The lowest BCUT2D eigenvalue weighted by atomic mass is 9.96. The van der Waals surface area contributed by atoms with Gasteiger partial charge in [-0.3, -0.25) is 0 Å². The zero-order chi connectivity index (χ0) is 16.2. The fraction of sp³-hybridized carbons (Fsp3) is 0.471. The molecule has 1 saturated carbocycles. The Bertz CT molecular complexity index is 737. The van der Waals surface area contributed by atoms with Crippen molar-refractivity contribution in [2.45, 2.75) is 38.1 Å². The Balaban J connectivity index is 1.85. The molecule has 0 amide bonds. The second-order valence-electron chi connectivity index (χ2n) is 5.80. The minimum atomic E-state index is -0.359. The van der Waals surface area contributed by atoms with Gasteiger partial charge in [0.1, 0.15) is 0 Å². The molecule has 0 saturated heterocycles. The molecule has 23 heavy (non-hydrogen) atoms. The van der Waals surface area contributed by atoms with Crippen molar-refractivity contribution in [3.63, 3.8) is 0 Å². The average Bonchev–Trinajstić information content (AvgIpc) is 2.96. The first-order valence-electron chi connectivity index (χ1n) is 7.94. The normalized spacial score (nSPS) is 16.5. The third-order valence-electron chi connectivity index (χ3n) is 4.13. The number of aryl methyl sites for hydroxylation is 1. The third kappa shape index (κ3) is 3.52. The van der Waals surface area contributed by atoms with E-state index in [0.29, 0.717) is 23.2 Å². The van der Waals surface area contributed by atoms with E-state index in [-0.39, 0.29) is 5.97 Å². The molecule has 1 fully saturated rings. The van der Waals surface area contributed by atoms with Gasteiger partial charge in [-0.25, -0.2) is 14.5 Å². The largest absolute Gasteiger partial charge is 0.465 e. The van der Waals surface area contributed by atoms with Gasteiger partial charge < -0.3 is 9.15 Å². The molecule has 1 aromatic carbocycles. The Labute approximate surface area is 134 Å². The molecule has 0 spiro atoms. The summed E-state index contributed by atoms with van der Waals surface area (Å²) in [5.74, 6) is 0.140. The molecule has 1 heterocycles. The number of esters is 1. The first-order chi connectivity index (χ1) is 11.2. The van der Waals surface area contributed by atoms with Crippen molar-refractivity contribution in [1.82, 2.24) is 9.78 Å². The van der Waals surface area contributed by atoms with Gasteiger partial charge in [0.05, 0.1) is 18.7 Å². The number of carbonyl (C=O) groups is 1. The van der Waals surface area contributed by atoms with Gasteiger partial charge in [-0.05, 0) is 37.1 Å². The summed E-state index contributed by atoms with van der Waals surface area (Å²) in [5.41, 5.74) is 1.85. The van der Waals surface area contributed by atoms with Gasteiger partial charge in [-0.2, -0.15) is 0 Å². The minimum absolute atomic E-state index is 0.331. The summed E-state index contributed by atoms with van der Waals surface area (Å²) in [4.78, 5) is 16.1. The lowest BCUT2D eigenvalue weighted by Crippen LogP contribution is -2.20. The van der Waals surface area contributed by atoms with Gasteiger partial charge in [0.2, 0.25) is 5.89 Å². The number of ether oxygens (including phenoxy) is 1. The van der Waals surface area contributed by atoms with Gasteiger partial charge in [0.15, 0.2) is 0 Å². The van der Waals surface area contributed by atoms with E-state index < -0.39 is 0 Å². The third-order valence-corrected chi connectivity index (χ3v) is 4.13. The van der Waals surface area contributed by atoms with Crippen molar-refractivity contribution < 1.29 is 13.9 Å². The second-order valence-corrected chi connectivity index (χ2v) is 5.80. The van der Waals surface area contributed by atoms with Crippen LogP contribution in [0.15, 0.2) is 33.7 Å². The topological polar surface area (TPSA) is 69.6 Å². The number of carbonyl (C=O) groups excluding carboxylic acids is 1. The highest BCUT2D eigenvalue weighted by Crippen LogP contribution is 2.20. The van der Waals surface area contributed by atoms with E-state index in [9.17, 15) is 4.79 Å². The van der Waals surface area contributed by atoms with Crippen LogP contribution in [0, 0.1) is 0 Å². The summed E-state index contributed by atoms with van der Waals surface area (Å²) >= 11 is 0. The van der Waals surface area contributed by atoms with Crippen LogP contribution in [0.3, 0.4) is 0 Å². The smallest absolute Gasteiger partial charge is 0.337 e. The zero-order valence-electron chi connectivity index (χ0n) is 13.5. The Morgan fingerprint density at radius 3 is 2.61 bits per heavy atom. The maximum Gasteiger partial charge on any atom is 0.337 e. The summed E-state index contributed by atoms with van der Waals surface area (Å²) < 4.78 is 12.2. The highest BCUT2D eigenvalue weighted by Gasteiger charge is 2.14. The fourth-order valence-electron chi connectivity index (χ4n) is 2.81. The summed E-state index contributed by atoms with van der Waals surface area (Å²) in [6.07, 6.45) is 5.99. The van der Waals surface area contributed by atoms with Crippen LogP contribution in [-0.4, -0.2) is 28.9 Å². The van der Waals surface area contributed by atoms with Crippen molar-refractivity contribution in [3.05, 3.63) is 35.5 Å². The molecular weight excluding hydrogens is 294 g/mol. The SMILES string of the molecule is COC(=O)c1ccc(-c2nn(C)/c(=N\C3CCCCC3)o2)cc1. The number of aromatic nitrogens is 2. The lowest BCUT2D eigenvalue weighted by molar-refractivity contribution is 0.0600. The van der Waals surface area contributed by atoms with E-state index in [4.69, 9.17) is 9.15 Å². The molecule has 0 atom stereocenters. The molecule has 3 rings (SSSR count). The highest BCUT2D eigenvalue weighted by molar-refractivity contribution is 5.89. The molecule has 0 unspecified atom stereocenters. The molecule has 0 radical (unpaired) electrons. The predicted octanol–water partition coefficient (Wildman–Crippen LogP) is 2.70. The van der Waals surface area contributed by atoms with Crippen LogP contribution in [0.1, 0.15) is 42.5 Å². The van der Waals surface area contributed by atoms with Crippen molar-refractivity contribution in [2.75, 3.05) is 7.11 Å². The van der Waals surface area contributed by atoms with Crippen molar-refractivity contribution in [1.29, 1.82) is 0 Å². The quantitative estimate of drug-likeness (QED) is 0.817. The first-order valence-corrected chi connectivity index (χ1v) is 7.94. The molecule has 0 aliphatic heterocycles. The highest BCUT2D eigenvalue weighted by atomic mass is 16.5. The summed E-state index contributed by atoms with van der Waals surface area (Å²) in [7, 11) is 3.20. The van der Waals surface area contributed by atoms with E-state index in [1.54, 1.807) is 28.9 Å². The Morgan fingerprint density at radius 1 is 1.26 bits per heavy atom. The van der Waals surface area contributed by atoms with Crippen LogP contribution in [-0.2, 0) is 11.8 Å². The van der Waals surface area contributed by atoms with Crippen LogP contribution in [0.25, 0.3) is 11.5 Å². The maximum absolute atomic E-state index is 11.5. The van der Waals surface area contributed by atoms with Crippen LogP contribution in [0.4, 0.5) is 0 Å². The van der Waals surface area contributed by atoms with E-state index >= 15 is 0 Å². The van der Waals surface area contributed by atoms with Crippen molar-refractivity contribution in [3.8, 4) is 11.5 Å². The molecule has 0 N–H and O–H groups in total.